The van der Waals surface area contributed by atoms with Gasteiger partial charge in [-0.15, -0.1) is 11.3 Å². The van der Waals surface area contributed by atoms with Crippen molar-refractivity contribution < 1.29 is 28.0 Å². The quantitative estimate of drug-likeness (QED) is 0.485. The summed E-state index contributed by atoms with van der Waals surface area (Å²) in [6.07, 6.45) is 3.19. The fraction of sp³-hybridized carbons (Fsp3) is 0.519. The number of carbonyl (C=O) groups is 4. The lowest BCUT2D eigenvalue weighted by atomic mass is 9.70. The van der Waals surface area contributed by atoms with E-state index in [9.17, 15) is 28.0 Å². The number of nitrogens with zero attached hydrogens (tertiary/aromatic N) is 3. The van der Waals surface area contributed by atoms with Crippen molar-refractivity contribution in [2.24, 2.45) is 22.7 Å². The number of rotatable bonds is 5. The Hall–Kier alpha value is -2.83. The van der Waals surface area contributed by atoms with Gasteiger partial charge in [-0.1, -0.05) is 43.1 Å². The SMILES string of the molecule is CC1(C)C[C@@H]1C(=O)N1CCC2(CC1)CN(C(=O)c1cncs1)CC2C(=O)NNC(=O)C(F)(F)c1ccc(Cl)c(Cl)c1. The molecule has 4 amide bonds. The second-order valence-electron chi connectivity index (χ2n) is 11.7. The van der Waals surface area contributed by atoms with Crippen LogP contribution in [0.3, 0.4) is 0 Å². The number of carbonyl (C=O) groups excluding carboxylic acids is 4. The molecule has 1 aromatic heterocycles. The van der Waals surface area contributed by atoms with E-state index in [1.165, 1.54) is 23.0 Å². The van der Waals surface area contributed by atoms with Crippen molar-refractivity contribution in [3.63, 3.8) is 0 Å². The van der Waals surface area contributed by atoms with Gasteiger partial charge in [0.2, 0.25) is 11.8 Å². The minimum Gasteiger partial charge on any atom is -0.342 e. The highest BCUT2D eigenvalue weighted by atomic mass is 35.5. The Labute approximate surface area is 249 Å². The van der Waals surface area contributed by atoms with Crippen molar-refractivity contribution in [1.82, 2.24) is 25.6 Å². The molecule has 0 bridgehead atoms. The Morgan fingerprint density at radius 1 is 1.05 bits per heavy atom. The predicted octanol–water partition coefficient (Wildman–Crippen LogP) is 4.12. The standard InChI is InChI=1S/C27H29Cl2F2N5O4S/c1-25(2)10-16(25)22(38)35-7-5-26(6-8-35)13-36(23(39)20-11-32-14-41-20)12-17(26)21(37)33-34-24(40)27(30,31)15-3-4-18(28)19(29)9-15/h3-4,9,11,14,16-17H,5-8,10,12-13H2,1-2H3,(H,33,37)(H,34,40)/t16-,17?/m1/s1. The molecule has 0 radical (unpaired) electrons. The number of hydrogen-bond acceptors (Lipinski definition) is 6. The third-order valence-corrected chi connectivity index (χ3v) is 10.1. The van der Waals surface area contributed by atoms with Crippen LogP contribution < -0.4 is 10.9 Å². The largest absolute Gasteiger partial charge is 0.351 e. The van der Waals surface area contributed by atoms with Gasteiger partial charge in [0, 0.05) is 43.1 Å². The number of nitrogens with one attached hydrogen (secondary N) is 2. The number of hydrogen-bond donors (Lipinski definition) is 2. The Bertz CT molecular complexity index is 1380. The molecule has 2 aliphatic heterocycles. The molecule has 220 valence electrons. The summed E-state index contributed by atoms with van der Waals surface area (Å²) in [6, 6.07) is 3.01. The molecular formula is C27H29Cl2F2N5O4S. The van der Waals surface area contributed by atoms with Gasteiger partial charge in [-0.25, -0.2) is 0 Å². The van der Waals surface area contributed by atoms with Gasteiger partial charge in [0.1, 0.15) is 4.88 Å². The highest BCUT2D eigenvalue weighted by molar-refractivity contribution is 7.11. The predicted molar refractivity (Wildman–Crippen MR) is 148 cm³/mol. The number of hydrazine groups is 1. The van der Waals surface area contributed by atoms with Crippen LogP contribution >= 0.6 is 34.5 Å². The number of piperidine rings is 1. The molecule has 1 unspecified atom stereocenters. The lowest BCUT2D eigenvalue weighted by Gasteiger charge is -2.42. The van der Waals surface area contributed by atoms with E-state index in [4.69, 9.17) is 23.2 Å². The molecule has 2 N–H and O–H groups in total. The first-order valence-electron chi connectivity index (χ1n) is 13.2. The maximum absolute atomic E-state index is 14.8. The van der Waals surface area contributed by atoms with Crippen LogP contribution in [0.25, 0.3) is 0 Å². The average molecular weight is 629 g/mol. The summed E-state index contributed by atoms with van der Waals surface area (Å²) >= 11 is 12.8. The lowest BCUT2D eigenvalue weighted by Crippen LogP contribution is -2.54. The van der Waals surface area contributed by atoms with Crippen LogP contribution in [-0.2, 0) is 20.3 Å². The first kappa shape index (κ1) is 29.7. The Balaban J connectivity index is 1.29. The summed E-state index contributed by atoms with van der Waals surface area (Å²) in [6.45, 7) is 5.23. The van der Waals surface area contributed by atoms with Gasteiger partial charge in [-0.2, -0.15) is 8.78 Å². The topological polar surface area (TPSA) is 112 Å². The minimum absolute atomic E-state index is 0.0163. The molecular weight excluding hydrogens is 599 g/mol. The maximum atomic E-state index is 14.8. The third kappa shape index (κ3) is 5.65. The first-order valence-corrected chi connectivity index (χ1v) is 14.8. The molecule has 3 aliphatic rings. The van der Waals surface area contributed by atoms with Crippen LogP contribution in [0.5, 0.6) is 0 Å². The van der Waals surface area contributed by atoms with E-state index in [0.717, 1.165) is 24.6 Å². The molecule has 5 rings (SSSR count). The number of likely N-dealkylation sites (tertiary alicyclic amines) is 2. The van der Waals surface area contributed by atoms with E-state index < -0.39 is 34.6 Å². The van der Waals surface area contributed by atoms with Crippen LogP contribution in [0.15, 0.2) is 29.9 Å². The average Bonchev–Trinajstić information content (AvgIpc) is 3.29. The van der Waals surface area contributed by atoms with Gasteiger partial charge >= 0.3 is 11.8 Å². The van der Waals surface area contributed by atoms with Gasteiger partial charge in [0.15, 0.2) is 0 Å². The Morgan fingerprint density at radius 3 is 2.32 bits per heavy atom. The van der Waals surface area contributed by atoms with Crippen molar-refractivity contribution in [2.75, 3.05) is 26.2 Å². The monoisotopic (exact) mass is 627 g/mol. The molecule has 3 heterocycles. The van der Waals surface area contributed by atoms with E-state index in [1.807, 2.05) is 10.3 Å². The number of amides is 4. The normalized spacial score (nSPS) is 22.9. The minimum atomic E-state index is -4.01. The third-order valence-electron chi connectivity index (χ3n) is 8.64. The smallest absolute Gasteiger partial charge is 0.342 e. The van der Waals surface area contributed by atoms with E-state index in [0.29, 0.717) is 30.8 Å². The van der Waals surface area contributed by atoms with Crippen LogP contribution in [-0.4, -0.2) is 64.6 Å². The number of thiazole rings is 1. The highest BCUT2D eigenvalue weighted by Crippen LogP contribution is 2.53. The van der Waals surface area contributed by atoms with Crippen LogP contribution in [0.2, 0.25) is 10.0 Å². The molecule has 2 saturated heterocycles. The van der Waals surface area contributed by atoms with Crippen molar-refractivity contribution in [3.8, 4) is 0 Å². The van der Waals surface area contributed by atoms with Crippen LogP contribution in [0, 0.1) is 22.7 Å². The second-order valence-corrected chi connectivity index (χ2v) is 13.4. The highest BCUT2D eigenvalue weighted by Gasteiger charge is 2.56. The molecule has 1 saturated carbocycles. The molecule has 1 aliphatic carbocycles. The molecule has 14 heteroatoms. The van der Waals surface area contributed by atoms with Crippen LogP contribution in [0.4, 0.5) is 8.78 Å². The van der Waals surface area contributed by atoms with E-state index in [1.54, 1.807) is 4.90 Å². The zero-order valence-corrected chi connectivity index (χ0v) is 24.7. The van der Waals surface area contributed by atoms with Gasteiger partial charge in [0.25, 0.3) is 5.91 Å². The fourth-order valence-corrected chi connectivity index (χ4v) is 6.74. The molecule has 1 spiro atoms. The number of benzene rings is 1. The summed E-state index contributed by atoms with van der Waals surface area (Å²) in [7, 11) is 0. The lowest BCUT2D eigenvalue weighted by molar-refractivity contribution is -0.150. The second kappa shape index (κ2) is 10.8. The van der Waals surface area contributed by atoms with E-state index >= 15 is 0 Å². The maximum Gasteiger partial charge on any atom is 0.351 e. The van der Waals surface area contributed by atoms with E-state index in [-0.39, 0.29) is 46.3 Å². The van der Waals surface area contributed by atoms with Crippen LogP contribution in [0.1, 0.15) is 48.3 Å². The molecule has 2 atom stereocenters. The van der Waals surface area contributed by atoms with Gasteiger partial charge < -0.3 is 9.80 Å². The van der Waals surface area contributed by atoms with Crippen molar-refractivity contribution in [3.05, 3.63) is 50.4 Å². The van der Waals surface area contributed by atoms with Gasteiger partial charge in [-0.05, 0) is 36.8 Å². The van der Waals surface area contributed by atoms with Crippen molar-refractivity contribution in [2.45, 2.75) is 39.0 Å². The molecule has 3 fully saturated rings. The first-order chi connectivity index (χ1) is 19.2. The number of halogens is 4. The molecule has 9 nitrogen and oxygen atoms in total. The van der Waals surface area contributed by atoms with Gasteiger partial charge in [0.05, 0.1) is 27.7 Å². The zero-order chi connectivity index (χ0) is 29.7. The summed E-state index contributed by atoms with van der Waals surface area (Å²) < 4.78 is 29.7. The zero-order valence-electron chi connectivity index (χ0n) is 22.4. The van der Waals surface area contributed by atoms with Gasteiger partial charge in [-0.3, -0.25) is 35.0 Å². The summed E-state index contributed by atoms with van der Waals surface area (Å²) in [4.78, 5) is 59.8. The Morgan fingerprint density at radius 2 is 1.73 bits per heavy atom. The number of alkyl halides is 2. The van der Waals surface area contributed by atoms with Crippen molar-refractivity contribution in [1.29, 1.82) is 0 Å². The summed E-state index contributed by atoms with van der Waals surface area (Å²) in [5, 5.41) is -0.0909. The number of aromatic nitrogens is 1. The molecule has 41 heavy (non-hydrogen) atoms. The Kier molecular flexibility index (Phi) is 7.80. The molecule has 1 aromatic carbocycles. The van der Waals surface area contributed by atoms with E-state index in [2.05, 4.69) is 24.3 Å². The fourth-order valence-electron chi connectivity index (χ4n) is 5.86. The summed E-state index contributed by atoms with van der Waals surface area (Å²) in [5.41, 5.74) is 4.14. The molecule has 2 aromatic rings. The summed E-state index contributed by atoms with van der Waals surface area (Å²) in [5.74, 6) is -7.45. The van der Waals surface area contributed by atoms with Crippen molar-refractivity contribution >= 4 is 58.2 Å².